The topological polar surface area (TPSA) is 139 Å². The van der Waals surface area contributed by atoms with Crippen molar-refractivity contribution in [2.45, 2.75) is 6.54 Å². The first-order valence-electron chi connectivity index (χ1n) is 10.6. The molecule has 0 radical (unpaired) electrons. The van der Waals surface area contributed by atoms with Crippen LogP contribution in [-0.4, -0.2) is 59.8 Å². The number of hydrogen-bond acceptors (Lipinski definition) is 7. The minimum Gasteiger partial charge on any atom is -0.322 e. The molecule has 10 nitrogen and oxygen atoms in total. The lowest BCUT2D eigenvalue weighted by Crippen LogP contribution is -2.49. The van der Waals surface area contributed by atoms with Crippen molar-refractivity contribution in [1.29, 1.82) is 0 Å². The van der Waals surface area contributed by atoms with Crippen molar-refractivity contribution in [3.63, 3.8) is 0 Å². The van der Waals surface area contributed by atoms with Gasteiger partial charge in [-0.3, -0.25) is 25.1 Å². The molecular formula is C23H24N6O4S. The maximum absolute atomic E-state index is 13.4. The predicted molar refractivity (Wildman–Crippen MR) is 127 cm³/mol. The fourth-order valence-electron chi connectivity index (χ4n) is 3.61. The van der Waals surface area contributed by atoms with Crippen LogP contribution in [0.3, 0.4) is 0 Å². The highest BCUT2D eigenvalue weighted by atomic mass is 32.2. The summed E-state index contributed by atoms with van der Waals surface area (Å²) in [5.41, 5.74) is 5.44. The third-order valence-corrected chi connectivity index (χ3v) is 7.17. The van der Waals surface area contributed by atoms with Crippen molar-refractivity contribution in [3.05, 3.63) is 78.4 Å². The molecule has 0 aliphatic carbocycles. The van der Waals surface area contributed by atoms with Gasteiger partial charge < -0.3 is 4.90 Å². The number of nitrogens with two attached hydrogens (primary N) is 1. The van der Waals surface area contributed by atoms with Crippen LogP contribution < -0.4 is 16.2 Å². The van der Waals surface area contributed by atoms with Crippen LogP contribution in [0.15, 0.2) is 67.1 Å². The number of hydrazine groups is 1. The van der Waals surface area contributed by atoms with E-state index in [1.807, 2.05) is 36.4 Å². The van der Waals surface area contributed by atoms with Crippen LogP contribution in [0.1, 0.15) is 16.1 Å². The van der Waals surface area contributed by atoms with E-state index < -0.39 is 15.7 Å². The van der Waals surface area contributed by atoms with Crippen molar-refractivity contribution >= 4 is 27.5 Å². The van der Waals surface area contributed by atoms with Crippen LogP contribution in [-0.2, 0) is 16.4 Å². The van der Waals surface area contributed by atoms with E-state index in [1.54, 1.807) is 29.4 Å². The molecule has 1 aliphatic heterocycles. The summed E-state index contributed by atoms with van der Waals surface area (Å²) in [6.07, 6.45) is 4.85. The smallest absolute Gasteiger partial charge is 0.322 e. The maximum atomic E-state index is 13.4. The largest absolute Gasteiger partial charge is 0.324 e. The standard InChI is InChI=1S/C23H24N6O4S/c24-27-22(30)19-3-6-20(26-15-19)16-29(23(31)28-10-12-34(32,33)13-11-28)21-7-4-17(5-8-21)18-2-1-9-25-14-18/h1-9,14-15H,10-13,16,24H2,(H,27,30). The molecule has 3 amide bonds. The number of amides is 3. The number of carbonyl (C=O) groups excluding carboxylic acids is 2. The second-order valence-electron chi connectivity index (χ2n) is 7.81. The first-order valence-corrected chi connectivity index (χ1v) is 12.4. The van der Waals surface area contributed by atoms with Gasteiger partial charge in [0.15, 0.2) is 9.84 Å². The molecule has 1 fully saturated rings. The fourth-order valence-corrected chi connectivity index (χ4v) is 4.81. The van der Waals surface area contributed by atoms with Gasteiger partial charge in [-0.25, -0.2) is 19.1 Å². The number of rotatable bonds is 5. The van der Waals surface area contributed by atoms with Crippen LogP contribution in [0.25, 0.3) is 11.1 Å². The maximum Gasteiger partial charge on any atom is 0.324 e. The highest BCUT2D eigenvalue weighted by Crippen LogP contribution is 2.25. The van der Waals surface area contributed by atoms with E-state index in [9.17, 15) is 18.0 Å². The Bertz CT molecular complexity index is 1250. The van der Waals surface area contributed by atoms with Gasteiger partial charge in [0.05, 0.1) is 29.3 Å². The van der Waals surface area contributed by atoms with Crippen molar-refractivity contribution in [2.24, 2.45) is 5.84 Å². The molecule has 2 aromatic heterocycles. The molecule has 1 aliphatic rings. The molecule has 11 heteroatoms. The van der Waals surface area contributed by atoms with Crippen LogP contribution in [0, 0.1) is 0 Å². The van der Waals surface area contributed by atoms with E-state index in [0.29, 0.717) is 16.9 Å². The first kappa shape index (κ1) is 23.3. The zero-order chi connectivity index (χ0) is 24.1. The van der Waals surface area contributed by atoms with E-state index in [-0.39, 0.29) is 37.2 Å². The molecule has 1 aromatic carbocycles. The Kier molecular flexibility index (Phi) is 6.85. The molecule has 176 valence electrons. The molecule has 3 heterocycles. The number of nitrogens with zero attached hydrogens (tertiary/aromatic N) is 4. The zero-order valence-electron chi connectivity index (χ0n) is 18.3. The Morgan fingerprint density at radius 2 is 1.74 bits per heavy atom. The second kappa shape index (κ2) is 9.98. The van der Waals surface area contributed by atoms with Gasteiger partial charge in [0.1, 0.15) is 0 Å². The van der Waals surface area contributed by atoms with Crippen LogP contribution >= 0.6 is 0 Å². The number of aromatic nitrogens is 2. The number of sulfone groups is 1. The highest BCUT2D eigenvalue weighted by Gasteiger charge is 2.29. The summed E-state index contributed by atoms with van der Waals surface area (Å²) >= 11 is 0. The normalized spacial score (nSPS) is 14.9. The summed E-state index contributed by atoms with van der Waals surface area (Å²) in [4.78, 5) is 36.6. The average Bonchev–Trinajstić information content (AvgIpc) is 2.87. The Labute approximate surface area is 197 Å². The van der Waals surface area contributed by atoms with E-state index in [0.717, 1.165) is 11.1 Å². The van der Waals surface area contributed by atoms with Gasteiger partial charge in [-0.2, -0.15) is 0 Å². The third-order valence-electron chi connectivity index (χ3n) is 5.56. The lowest BCUT2D eigenvalue weighted by Gasteiger charge is -2.33. The number of nitrogen functional groups attached to an aromatic ring is 1. The van der Waals surface area contributed by atoms with Gasteiger partial charge >= 0.3 is 6.03 Å². The second-order valence-corrected chi connectivity index (χ2v) is 10.1. The van der Waals surface area contributed by atoms with Gasteiger partial charge in [0.25, 0.3) is 5.91 Å². The summed E-state index contributed by atoms with van der Waals surface area (Å²) in [6, 6.07) is 14.2. The monoisotopic (exact) mass is 480 g/mol. The van der Waals surface area contributed by atoms with E-state index in [1.165, 1.54) is 11.1 Å². The Balaban J connectivity index is 1.61. The van der Waals surface area contributed by atoms with Crippen LogP contribution in [0.2, 0.25) is 0 Å². The number of urea groups is 1. The number of anilines is 1. The van der Waals surface area contributed by atoms with Crippen molar-refractivity contribution in [1.82, 2.24) is 20.3 Å². The molecule has 3 aromatic rings. The van der Waals surface area contributed by atoms with Crippen LogP contribution in [0.5, 0.6) is 0 Å². The van der Waals surface area contributed by atoms with Crippen molar-refractivity contribution < 1.29 is 18.0 Å². The molecule has 0 bridgehead atoms. The van der Waals surface area contributed by atoms with Gasteiger partial charge in [-0.1, -0.05) is 18.2 Å². The highest BCUT2D eigenvalue weighted by molar-refractivity contribution is 7.91. The summed E-state index contributed by atoms with van der Waals surface area (Å²) in [6.45, 7) is 0.405. The van der Waals surface area contributed by atoms with Gasteiger partial charge in [0, 0.05) is 37.4 Å². The number of carbonyl (C=O) groups is 2. The lowest BCUT2D eigenvalue weighted by molar-refractivity contribution is 0.0953. The molecule has 34 heavy (non-hydrogen) atoms. The van der Waals surface area contributed by atoms with E-state index in [2.05, 4.69) is 15.4 Å². The Morgan fingerprint density at radius 1 is 1.00 bits per heavy atom. The third kappa shape index (κ3) is 5.38. The van der Waals surface area contributed by atoms with E-state index >= 15 is 0 Å². The number of benzene rings is 1. The minimum atomic E-state index is -3.13. The quantitative estimate of drug-likeness (QED) is 0.321. The van der Waals surface area contributed by atoms with Crippen molar-refractivity contribution in [3.8, 4) is 11.1 Å². The zero-order valence-corrected chi connectivity index (χ0v) is 19.1. The minimum absolute atomic E-state index is 0.0618. The molecule has 4 rings (SSSR count). The molecular weight excluding hydrogens is 456 g/mol. The summed E-state index contributed by atoms with van der Waals surface area (Å²) in [5.74, 6) is 4.57. The van der Waals surface area contributed by atoms with Gasteiger partial charge in [-0.15, -0.1) is 0 Å². The Hall–Kier alpha value is -3.83. The van der Waals surface area contributed by atoms with Gasteiger partial charge in [-0.05, 0) is 41.5 Å². The fraction of sp³-hybridized carbons (Fsp3) is 0.217. The molecule has 1 saturated heterocycles. The molecule has 0 atom stereocenters. The molecule has 0 saturated carbocycles. The molecule has 0 unspecified atom stereocenters. The summed E-state index contributed by atoms with van der Waals surface area (Å²) in [7, 11) is -3.13. The molecule has 0 spiro atoms. The lowest BCUT2D eigenvalue weighted by atomic mass is 10.1. The number of nitrogens with one attached hydrogen (secondary N) is 1. The molecule has 3 N–H and O–H groups in total. The Morgan fingerprint density at radius 3 is 2.32 bits per heavy atom. The average molecular weight is 481 g/mol. The number of hydrogen-bond donors (Lipinski definition) is 2. The SMILES string of the molecule is NNC(=O)c1ccc(CN(C(=O)N2CCS(=O)(=O)CC2)c2ccc(-c3cccnc3)cc2)nc1. The first-order chi connectivity index (χ1) is 16.4. The summed E-state index contributed by atoms with van der Waals surface area (Å²) in [5, 5.41) is 0. The predicted octanol–water partition coefficient (Wildman–Crippen LogP) is 1.60. The van der Waals surface area contributed by atoms with E-state index in [4.69, 9.17) is 5.84 Å². The number of pyridine rings is 2. The van der Waals surface area contributed by atoms with Gasteiger partial charge in [0.2, 0.25) is 0 Å². The van der Waals surface area contributed by atoms with Crippen LogP contribution in [0.4, 0.5) is 10.5 Å². The summed E-state index contributed by atoms with van der Waals surface area (Å²) < 4.78 is 23.7. The van der Waals surface area contributed by atoms with Crippen molar-refractivity contribution in [2.75, 3.05) is 29.5 Å².